The van der Waals surface area contributed by atoms with Gasteiger partial charge in [-0.25, -0.2) is 4.79 Å². The maximum absolute atomic E-state index is 14.9. The van der Waals surface area contributed by atoms with Crippen LogP contribution in [-0.4, -0.2) is 75.6 Å². The highest BCUT2D eigenvalue weighted by molar-refractivity contribution is 6.00. The van der Waals surface area contributed by atoms with E-state index >= 15 is 0 Å². The lowest BCUT2D eigenvalue weighted by Crippen LogP contribution is -2.79. The first-order valence-corrected chi connectivity index (χ1v) is 13.8. The third kappa shape index (κ3) is 1.79. The first-order chi connectivity index (χ1) is 17.9. The largest absolute Gasteiger partial charge is 0.458 e. The molecule has 8 fully saturated rings. The fraction of sp³-hybridized carbons (Fsp3) is 0.786. The van der Waals surface area contributed by atoms with Gasteiger partial charge in [0.25, 0.3) is 0 Å². The number of fused-ring (bicyclic) bond motifs is 4. The van der Waals surface area contributed by atoms with Crippen LogP contribution in [0.25, 0.3) is 0 Å². The summed E-state index contributed by atoms with van der Waals surface area (Å²) < 4.78 is 31.5. The molecule has 6 saturated heterocycles. The van der Waals surface area contributed by atoms with E-state index in [1.807, 2.05) is 19.9 Å². The highest BCUT2D eigenvalue weighted by Crippen LogP contribution is 2.77. The maximum atomic E-state index is 14.9. The molecule has 13 atom stereocenters. The van der Waals surface area contributed by atoms with E-state index in [1.54, 1.807) is 13.0 Å². The Labute approximate surface area is 218 Å². The van der Waals surface area contributed by atoms with Gasteiger partial charge in [-0.2, -0.15) is 0 Å². The summed E-state index contributed by atoms with van der Waals surface area (Å²) in [5.41, 5.74) is -8.23. The summed E-state index contributed by atoms with van der Waals surface area (Å²) in [6.45, 7) is 5.27. The molecule has 6 aliphatic heterocycles. The lowest BCUT2D eigenvalue weighted by Gasteiger charge is -2.63. The Kier molecular flexibility index (Phi) is 3.47. The lowest BCUT2D eigenvalue weighted by atomic mass is 9.46. The number of carbonyl (C=O) groups excluding carboxylic acids is 4. The van der Waals surface area contributed by atoms with Gasteiger partial charge in [0, 0.05) is 5.92 Å². The van der Waals surface area contributed by atoms with E-state index in [0.717, 1.165) is 0 Å². The zero-order valence-corrected chi connectivity index (χ0v) is 21.5. The minimum Gasteiger partial charge on any atom is -0.458 e. The molecular weight excluding hydrogens is 496 g/mol. The van der Waals surface area contributed by atoms with Crippen LogP contribution in [0.2, 0.25) is 0 Å². The number of hydrogen-bond donors (Lipinski definition) is 1. The van der Waals surface area contributed by atoms with Crippen molar-refractivity contribution < 1.29 is 48.0 Å². The predicted octanol–water partition coefficient (Wildman–Crippen LogP) is 0.768. The van der Waals surface area contributed by atoms with Gasteiger partial charge in [0.15, 0.2) is 28.4 Å². The second-order valence-electron chi connectivity index (χ2n) is 13.8. The topological polar surface area (TPSA) is 138 Å². The van der Waals surface area contributed by atoms with Crippen LogP contribution in [-0.2, 0) is 42.9 Å². The Morgan fingerprint density at radius 1 is 1.05 bits per heavy atom. The number of carbonyl (C=O) groups is 4. The van der Waals surface area contributed by atoms with Crippen molar-refractivity contribution in [3.8, 4) is 0 Å². The maximum Gasteiger partial charge on any atom is 0.342 e. The Bertz CT molecular complexity index is 1340. The van der Waals surface area contributed by atoms with Crippen molar-refractivity contribution in [3.63, 3.8) is 0 Å². The molecule has 10 nitrogen and oxygen atoms in total. The second kappa shape index (κ2) is 5.82. The average Bonchev–Trinajstić information content (AvgIpc) is 3.45. The van der Waals surface area contributed by atoms with Gasteiger partial charge in [-0.1, -0.05) is 13.0 Å². The molecule has 3 spiro atoms. The van der Waals surface area contributed by atoms with Gasteiger partial charge < -0.3 is 28.8 Å². The van der Waals surface area contributed by atoms with E-state index < -0.39 is 80.7 Å². The Balaban J connectivity index is 1.34. The van der Waals surface area contributed by atoms with Crippen LogP contribution < -0.4 is 0 Å². The number of ether oxygens (including phenoxy) is 5. The van der Waals surface area contributed by atoms with Crippen LogP contribution in [0.5, 0.6) is 0 Å². The highest BCUT2D eigenvalue weighted by Gasteiger charge is 2.94. The molecule has 10 heteroatoms. The molecule has 202 valence electrons. The molecule has 0 unspecified atom stereocenters. The lowest BCUT2D eigenvalue weighted by molar-refractivity contribution is -0.375. The van der Waals surface area contributed by atoms with Crippen molar-refractivity contribution in [3.05, 3.63) is 12.2 Å². The van der Waals surface area contributed by atoms with E-state index in [0.29, 0.717) is 12.8 Å². The number of allylic oxidation sites excluding steroid dienone is 1. The molecule has 0 amide bonds. The number of epoxide rings is 1. The summed E-state index contributed by atoms with van der Waals surface area (Å²) in [6.07, 6.45) is 3.82. The molecule has 9 rings (SSSR count). The molecule has 9 aliphatic rings. The minimum absolute atomic E-state index is 0.0583. The third-order valence-corrected chi connectivity index (χ3v) is 12.9. The SMILES string of the molecule is C[C@@]12C[C@H]3OC(=O)[C@H]1CO[C@@]14O[C@@]5([C@@H]2C1=O)[C@](O)(CC[C@@H]1[C@H]4C[C@H]2O[C@@]24CC=CC(=O)[C@]14C)C(=O)O[C@]35C. The van der Waals surface area contributed by atoms with Crippen molar-refractivity contribution in [2.45, 2.75) is 93.3 Å². The van der Waals surface area contributed by atoms with Crippen molar-refractivity contribution in [1.29, 1.82) is 0 Å². The van der Waals surface area contributed by atoms with Crippen LogP contribution in [0.3, 0.4) is 0 Å². The van der Waals surface area contributed by atoms with Gasteiger partial charge in [0.2, 0.25) is 5.79 Å². The standard InChI is InChI=1S/C28H30O10/c1-22-10-17-24(3)28-18(22)19(30)27(38-28,34-11-14(22)20(31)35-17)13-9-16-26(36-16)7-4-5-15(29)23(26,2)12(13)6-8-25(28,33)21(32)37-24/h4-5,12-14,16-18,33H,6-11H2,1-3H3/t12-,13-,14-,16-,17-,18-,22-,23+,24-,25+,26+,27+,28-/m1/s1. The van der Waals surface area contributed by atoms with Gasteiger partial charge in [-0.3, -0.25) is 14.4 Å². The fourth-order valence-electron chi connectivity index (χ4n) is 10.9. The summed E-state index contributed by atoms with van der Waals surface area (Å²) in [7, 11) is 0. The zero-order chi connectivity index (χ0) is 26.5. The second-order valence-corrected chi connectivity index (χ2v) is 13.8. The molecule has 6 heterocycles. The molecule has 2 saturated carbocycles. The monoisotopic (exact) mass is 526 g/mol. The number of hydrogen-bond acceptors (Lipinski definition) is 10. The summed E-state index contributed by atoms with van der Waals surface area (Å²) in [5, 5.41) is 12.4. The Morgan fingerprint density at radius 2 is 1.84 bits per heavy atom. The van der Waals surface area contributed by atoms with Crippen LogP contribution >= 0.6 is 0 Å². The van der Waals surface area contributed by atoms with Crippen LogP contribution in [0.1, 0.15) is 52.9 Å². The normalized spacial score (nSPS) is 64.1. The summed E-state index contributed by atoms with van der Waals surface area (Å²) in [5.74, 6) is -6.56. The van der Waals surface area contributed by atoms with Crippen LogP contribution in [0.15, 0.2) is 12.2 Å². The molecule has 0 radical (unpaired) electrons. The molecule has 0 aromatic heterocycles. The van der Waals surface area contributed by atoms with Crippen molar-refractivity contribution in [2.24, 2.45) is 34.5 Å². The van der Waals surface area contributed by atoms with Crippen molar-refractivity contribution >= 4 is 23.5 Å². The van der Waals surface area contributed by atoms with Crippen LogP contribution in [0, 0.1) is 34.5 Å². The number of Topliss-reactive ketones (excluding diaryl/α,β-unsaturated/α-hetero) is 1. The van der Waals surface area contributed by atoms with Crippen molar-refractivity contribution in [2.75, 3.05) is 6.61 Å². The molecule has 0 aromatic carbocycles. The first-order valence-electron chi connectivity index (χ1n) is 13.8. The average molecular weight is 527 g/mol. The van der Waals surface area contributed by atoms with Crippen molar-refractivity contribution in [1.82, 2.24) is 0 Å². The summed E-state index contributed by atoms with van der Waals surface area (Å²) >= 11 is 0. The molecule has 0 aromatic rings. The Morgan fingerprint density at radius 3 is 2.63 bits per heavy atom. The van der Waals surface area contributed by atoms with Crippen LogP contribution in [0.4, 0.5) is 0 Å². The van der Waals surface area contributed by atoms with E-state index in [1.165, 1.54) is 0 Å². The van der Waals surface area contributed by atoms with Gasteiger partial charge in [-0.05, 0) is 63.4 Å². The number of rotatable bonds is 0. The highest BCUT2D eigenvalue weighted by atomic mass is 16.8. The minimum atomic E-state index is -2.19. The Hall–Kier alpha value is -2.14. The number of esters is 2. The fourth-order valence-corrected chi connectivity index (χ4v) is 10.9. The predicted molar refractivity (Wildman–Crippen MR) is 122 cm³/mol. The molecule has 38 heavy (non-hydrogen) atoms. The van der Waals surface area contributed by atoms with E-state index in [-0.39, 0.29) is 43.5 Å². The molecule has 1 N–H and O–H groups in total. The number of aliphatic hydroxyl groups is 1. The molecule has 5 bridgehead atoms. The van der Waals surface area contributed by atoms with E-state index in [2.05, 4.69) is 0 Å². The smallest absolute Gasteiger partial charge is 0.342 e. The van der Waals surface area contributed by atoms with E-state index in [4.69, 9.17) is 23.7 Å². The van der Waals surface area contributed by atoms with Gasteiger partial charge in [0.1, 0.15) is 11.7 Å². The molecule has 3 aliphatic carbocycles. The summed E-state index contributed by atoms with van der Waals surface area (Å²) in [6, 6.07) is 0. The quantitative estimate of drug-likeness (QED) is 0.356. The molecular formula is C28H30O10. The van der Waals surface area contributed by atoms with E-state index in [9.17, 15) is 24.3 Å². The van der Waals surface area contributed by atoms with Gasteiger partial charge in [-0.15, -0.1) is 0 Å². The number of ketones is 2. The van der Waals surface area contributed by atoms with Gasteiger partial charge >= 0.3 is 11.9 Å². The third-order valence-electron chi connectivity index (χ3n) is 12.9. The van der Waals surface area contributed by atoms with Gasteiger partial charge in [0.05, 0.1) is 30.0 Å². The first kappa shape index (κ1) is 22.7. The summed E-state index contributed by atoms with van der Waals surface area (Å²) in [4.78, 5) is 55.6. The zero-order valence-electron chi connectivity index (χ0n) is 21.5.